The van der Waals surface area contributed by atoms with Crippen LogP contribution in [0.3, 0.4) is 0 Å². The molecular weight excluding hydrogens is 342 g/mol. The highest BCUT2D eigenvalue weighted by Crippen LogP contribution is 2.34. The van der Waals surface area contributed by atoms with E-state index in [9.17, 15) is 4.79 Å². The van der Waals surface area contributed by atoms with Gasteiger partial charge >= 0.3 is 6.03 Å². The smallest absolute Gasteiger partial charge is 0.317 e. The van der Waals surface area contributed by atoms with E-state index in [2.05, 4.69) is 30.1 Å². The number of thioether (sulfide) groups is 1. The summed E-state index contributed by atoms with van der Waals surface area (Å²) in [6.45, 7) is 9.61. The fourth-order valence-corrected chi connectivity index (χ4v) is 4.28. The van der Waals surface area contributed by atoms with Gasteiger partial charge in [0.15, 0.2) is 0 Å². The van der Waals surface area contributed by atoms with Gasteiger partial charge < -0.3 is 15.1 Å². The molecule has 1 N–H and O–H groups in total. The molecule has 0 unspecified atom stereocenters. The average molecular weight is 370 g/mol. The highest BCUT2D eigenvalue weighted by atomic mass is 35.5. The normalized spacial score (nSPS) is 15.8. The van der Waals surface area contributed by atoms with E-state index in [0.29, 0.717) is 5.25 Å². The number of urea groups is 1. The first-order chi connectivity index (χ1) is 11.6. The SMILES string of the molecule is CCN(CC)CCNC(=O)N1CCC(Sc2ccccc2Cl)CC1. The van der Waals surface area contributed by atoms with Gasteiger partial charge in [0.1, 0.15) is 0 Å². The van der Waals surface area contributed by atoms with Crippen molar-refractivity contribution in [3.05, 3.63) is 29.3 Å². The molecule has 0 saturated carbocycles. The lowest BCUT2D eigenvalue weighted by molar-refractivity contribution is 0.185. The number of benzene rings is 1. The van der Waals surface area contributed by atoms with Crippen molar-refractivity contribution in [1.82, 2.24) is 15.1 Å². The van der Waals surface area contributed by atoms with E-state index < -0.39 is 0 Å². The Balaban J connectivity index is 1.70. The van der Waals surface area contributed by atoms with Crippen molar-refractivity contribution in [3.63, 3.8) is 0 Å². The van der Waals surface area contributed by atoms with Crippen LogP contribution in [0.5, 0.6) is 0 Å². The Morgan fingerprint density at radius 2 is 1.96 bits per heavy atom. The molecule has 1 aromatic rings. The van der Waals surface area contributed by atoms with Crippen LogP contribution in [-0.4, -0.2) is 60.3 Å². The number of likely N-dealkylation sites (N-methyl/N-ethyl adjacent to an activating group) is 1. The molecule has 0 spiro atoms. The van der Waals surface area contributed by atoms with Gasteiger partial charge in [0.05, 0.1) is 5.02 Å². The third kappa shape index (κ3) is 5.87. The lowest BCUT2D eigenvalue weighted by atomic mass is 10.1. The first-order valence-corrected chi connectivity index (χ1v) is 10.1. The Hall–Kier alpha value is -0.910. The van der Waals surface area contributed by atoms with Gasteiger partial charge in [0, 0.05) is 36.3 Å². The minimum Gasteiger partial charge on any atom is -0.337 e. The molecule has 0 aliphatic carbocycles. The first-order valence-electron chi connectivity index (χ1n) is 8.80. The van der Waals surface area contributed by atoms with Gasteiger partial charge in [0.2, 0.25) is 0 Å². The summed E-state index contributed by atoms with van der Waals surface area (Å²) in [5, 5.41) is 4.39. The summed E-state index contributed by atoms with van der Waals surface area (Å²) in [7, 11) is 0. The summed E-state index contributed by atoms with van der Waals surface area (Å²) in [6.07, 6.45) is 2.03. The van der Waals surface area contributed by atoms with E-state index in [1.54, 1.807) is 0 Å². The molecule has 1 saturated heterocycles. The maximum Gasteiger partial charge on any atom is 0.317 e. The van der Waals surface area contributed by atoms with Crippen molar-refractivity contribution in [2.24, 2.45) is 0 Å². The van der Waals surface area contributed by atoms with Gasteiger partial charge in [-0.2, -0.15) is 0 Å². The monoisotopic (exact) mass is 369 g/mol. The molecule has 0 bridgehead atoms. The molecule has 6 heteroatoms. The molecule has 0 radical (unpaired) electrons. The molecule has 134 valence electrons. The van der Waals surface area contributed by atoms with Crippen LogP contribution in [0, 0.1) is 0 Å². The summed E-state index contributed by atoms with van der Waals surface area (Å²) in [4.78, 5) is 17.6. The van der Waals surface area contributed by atoms with Crippen LogP contribution in [0.15, 0.2) is 29.2 Å². The lowest BCUT2D eigenvalue weighted by Crippen LogP contribution is -2.46. The molecule has 0 atom stereocenters. The van der Waals surface area contributed by atoms with E-state index in [4.69, 9.17) is 11.6 Å². The van der Waals surface area contributed by atoms with Gasteiger partial charge in [-0.15, -0.1) is 11.8 Å². The molecule has 1 heterocycles. The lowest BCUT2D eigenvalue weighted by Gasteiger charge is -2.32. The number of carbonyl (C=O) groups is 1. The summed E-state index contributed by atoms with van der Waals surface area (Å²) in [5.74, 6) is 0. The van der Waals surface area contributed by atoms with Crippen molar-refractivity contribution in [2.45, 2.75) is 36.8 Å². The third-order valence-electron chi connectivity index (χ3n) is 4.46. The summed E-state index contributed by atoms with van der Waals surface area (Å²) in [5.41, 5.74) is 0. The van der Waals surface area contributed by atoms with E-state index in [1.165, 1.54) is 0 Å². The molecule has 1 aliphatic heterocycles. The van der Waals surface area contributed by atoms with Crippen molar-refractivity contribution < 1.29 is 4.79 Å². The molecule has 1 aliphatic rings. The Morgan fingerprint density at radius 3 is 2.58 bits per heavy atom. The average Bonchev–Trinajstić information content (AvgIpc) is 2.61. The molecule has 2 rings (SSSR count). The largest absolute Gasteiger partial charge is 0.337 e. The van der Waals surface area contributed by atoms with Gasteiger partial charge in [0.25, 0.3) is 0 Å². The molecule has 1 fully saturated rings. The molecule has 4 nitrogen and oxygen atoms in total. The van der Waals surface area contributed by atoms with Crippen LogP contribution in [0.25, 0.3) is 0 Å². The zero-order valence-electron chi connectivity index (χ0n) is 14.6. The standard InChI is InChI=1S/C18H28ClN3OS/c1-3-21(4-2)14-11-20-18(23)22-12-9-15(10-13-22)24-17-8-6-5-7-16(17)19/h5-8,15H,3-4,9-14H2,1-2H3,(H,20,23). The molecule has 2 amide bonds. The number of amides is 2. The van der Waals surface area contributed by atoms with Gasteiger partial charge in [-0.05, 0) is 38.1 Å². The zero-order chi connectivity index (χ0) is 17.4. The second-order valence-corrected chi connectivity index (χ2v) is 7.74. The van der Waals surface area contributed by atoms with E-state index in [0.717, 1.165) is 62.0 Å². The summed E-state index contributed by atoms with van der Waals surface area (Å²) >= 11 is 8.07. The van der Waals surface area contributed by atoms with Crippen LogP contribution in [0.4, 0.5) is 4.79 Å². The summed E-state index contributed by atoms with van der Waals surface area (Å²) in [6, 6.07) is 8.05. The van der Waals surface area contributed by atoms with Crippen molar-refractivity contribution >= 4 is 29.4 Å². The number of hydrogen-bond acceptors (Lipinski definition) is 3. The topological polar surface area (TPSA) is 35.6 Å². The predicted octanol–water partition coefficient (Wildman–Crippen LogP) is 3.95. The van der Waals surface area contributed by atoms with E-state index >= 15 is 0 Å². The van der Waals surface area contributed by atoms with Crippen molar-refractivity contribution in [2.75, 3.05) is 39.3 Å². The van der Waals surface area contributed by atoms with Crippen LogP contribution in [0.2, 0.25) is 5.02 Å². The minimum atomic E-state index is 0.0725. The highest BCUT2D eigenvalue weighted by Gasteiger charge is 2.23. The van der Waals surface area contributed by atoms with Crippen LogP contribution in [0.1, 0.15) is 26.7 Å². The number of likely N-dealkylation sites (tertiary alicyclic amines) is 1. The predicted molar refractivity (Wildman–Crippen MR) is 103 cm³/mol. The second kappa shape index (κ2) is 10.2. The molecule has 0 aromatic heterocycles. The quantitative estimate of drug-likeness (QED) is 0.790. The Bertz CT molecular complexity index is 517. The third-order valence-corrected chi connectivity index (χ3v) is 6.31. The fraction of sp³-hybridized carbons (Fsp3) is 0.611. The van der Waals surface area contributed by atoms with Gasteiger partial charge in [-0.1, -0.05) is 37.6 Å². The number of nitrogens with one attached hydrogen (secondary N) is 1. The maximum atomic E-state index is 12.2. The number of rotatable bonds is 7. The van der Waals surface area contributed by atoms with Gasteiger partial charge in [-0.25, -0.2) is 4.79 Å². The zero-order valence-corrected chi connectivity index (χ0v) is 16.2. The first kappa shape index (κ1) is 19.4. The molecule has 24 heavy (non-hydrogen) atoms. The van der Waals surface area contributed by atoms with E-state index in [-0.39, 0.29) is 6.03 Å². The highest BCUT2D eigenvalue weighted by molar-refractivity contribution is 8.00. The van der Waals surface area contributed by atoms with Crippen molar-refractivity contribution in [1.29, 1.82) is 0 Å². The van der Waals surface area contributed by atoms with Gasteiger partial charge in [-0.3, -0.25) is 0 Å². The van der Waals surface area contributed by atoms with Crippen LogP contribution < -0.4 is 5.32 Å². The number of carbonyl (C=O) groups excluding carboxylic acids is 1. The number of halogens is 1. The molecular formula is C18H28ClN3OS. The van der Waals surface area contributed by atoms with Crippen molar-refractivity contribution in [3.8, 4) is 0 Å². The maximum absolute atomic E-state index is 12.2. The van der Waals surface area contributed by atoms with Crippen LogP contribution >= 0.6 is 23.4 Å². The Morgan fingerprint density at radius 1 is 1.29 bits per heavy atom. The number of nitrogens with zero attached hydrogens (tertiary/aromatic N) is 2. The Labute approximate surface area is 154 Å². The van der Waals surface area contributed by atoms with Crippen LogP contribution in [-0.2, 0) is 0 Å². The summed E-state index contributed by atoms with van der Waals surface area (Å²) < 4.78 is 0. The number of hydrogen-bond donors (Lipinski definition) is 1. The fourth-order valence-electron chi connectivity index (χ4n) is 2.87. The minimum absolute atomic E-state index is 0.0725. The molecule has 1 aromatic carbocycles. The van der Waals surface area contributed by atoms with E-state index in [1.807, 2.05) is 34.9 Å². The number of piperidine rings is 1. The Kier molecular flexibility index (Phi) is 8.22. The second-order valence-electron chi connectivity index (χ2n) is 5.99.